The Balaban J connectivity index is 1.83. The molecule has 1 aromatic heterocycles. The van der Waals surface area contributed by atoms with Gasteiger partial charge in [-0.15, -0.1) is 0 Å². The number of rotatable bonds is 2. The molecule has 1 aliphatic carbocycles. The van der Waals surface area contributed by atoms with Gasteiger partial charge in [0.2, 0.25) is 0 Å². The molecule has 1 saturated carbocycles. The maximum Gasteiger partial charge on any atom is 0.252 e. The largest absolute Gasteiger partial charge is 0.361 e. The summed E-state index contributed by atoms with van der Waals surface area (Å²) in [5.41, 5.74) is 1.78. The standard InChI is InChI=1S/C14H16N2O/c1-9-7-10(8-9)16-14(17)12-3-2-4-13-11(12)5-6-15-13/h2-6,9-10,15H,7-8H2,1H3,(H,16,17). The molecular weight excluding hydrogens is 212 g/mol. The smallest absolute Gasteiger partial charge is 0.252 e. The second-order valence-electron chi connectivity index (χ2n) is 4.99. The van der Waals surface area contributed by atoms with Gasteiger partial charge in [-0.25, -0.2) is 0 Å². The van der Waals surface area contributed by atoms with Crippen LogP contribution < -0.4 is 5.32 Å². The van der Waals surface area contributed by atoms with Gasteiger partial charge in [-0.2, -0.15) is 0 Å². The van der Waals surface area contributed by atoms with Crippen molar-refractivity contribution in [3.63, 3.8) is 0 Å². The predicted octanol–water partition coefficient (Wildman–Crippen LogP) is 2.70. The third-order valence-electron chi connectivity index (χ3n) is 3.55. The number of carbonyl (C=O) groups is 1. The van der Waals surface area contributed by atoms with Crippen LogP contribution in [0.5, 0.6) is 0 Å². The quantitative estimate of drug-likeness (QED) is 0.815. The maximum atomic E-state index is 12.1. The molecule has 0 aliphatic heterocycles. The zero-order valence-corrected chi connectivity index (χ0v) is 9.86. The molecule has 0 bridgehead atoms. The summed E-state index contributed by atoms with van der Waals surface area (Å²) in [6, 6.07) is 8.10. The molecule has 0 unspecified atom stereocenters. The fourth-order valence-corrected chi connectivity index (χ4v) is 2.57. The van der Waals surface area contributed by atoms with Crippen molar-refractivity contribution in [1.29, 1.82) is 0 Å². The fourth-order valence-electron chi connectivity index (χ4n) is 2.57. The Morgan fingerprint density at radius 1 is 1.35 bits per heavy atom. The lowest BCUT2D eigenvalue weighted by molar-refractivity contribution is 0.0898. The highest BCUT2D eigenvalue weighted by atomic mass is 16.1. The molecule has 1 aliphatic rings. The van der Waals surface area contributed by atoms with Gasteiger partial charge in [0.25, 0.3) is 5.91 Å². The number of benzene rings is 1. The first-order valence-electron chi connectivity index (χ1n) is 6.11. The summed E-state index contributed by atoms with van der Waals surface area (Å²) < 4.78 is 0. The lowest BCUT2D eigenvalue weighted by Gasteiger charge is -2.33. The van der Waals surface area contributed by atoms with Crippen molar-refractivity contribution in [3.8, 4) is 0 Å². The molecule has 1 amide bonds. The first kappa shape index (κ1) is 10.4. The third kappa shape index (κ3) is 1.82. The second-order valence-corrected chi connectivity index (χ2v) is 4.99. The first-order valence-corrected chi connectivity index (χ1v) is 6.11. The molecule has 3 heteroatoms. The van der Waals surface area contributed by atoms with Crippen LogP contribution in [0.1, 0.15) is 30.1 Å². The van der Waals surface area contributed by atoms with Gasteiger partial charge in [0.1, 0.15) is 0 Å². The first-order chi connectivity index (χ1) is 8.24. The van der Waals surface area contributed by atoms with E-state index in [1.165, 1.54) is 0 Å². The topological polar surface area (TPSA) is 44.9 Å². The van der Waals surface area contributed by atoms with Gasteiger partial charge >= 0.3 is 0 Å². The molecule has 1 aromatic carbocycles. The molecule has 88 valence electrons. The lowest BCUT2D eigenvalue weighted by atomic mass is 9.82. The Labute approximate surface area is 100 Å². The van der Waals surface area contributed by atoms with Crippen molar-refractivity contribution in [1.82, 2.24) is 10.3 Å². The van der Waals surface area contributed by atoms with E-state index in [9.17, 15) is 4.79 Å². The van der Waals surface area contributed by atoms with Crippen LogP contribution >= 0.6 is 0 Å². The number of fused-ring (bicyclic) bond motifs is 1. The number of amides is 1. The van der Waals surface area contributed by atoms with Gasteiger partial charge in [0.05, 0.1) is 0 Å². The number of hydrogen-bond acceptors (Lipinski definition) is 1. The van der Waals surface area contributed by atoms with E-state index >= 15 is 0 Å². The molecule has 0 spiro atoms. The molecule has 3 nitrogen and oxygen atoms in total. The molecule has 1 heterocycles. The molecule has 2 aromatic rings. The minimum absolute atomic E-state index is 0.0482. The number of aromatic amines is 1. The highest BCUT2D eigenvalue weighted by molar-refractivity contribution is 6.06. The molecule has 17 heavy (non-hydrogen) atoms. The van der Waals surface area contributed by atoms with Crippen LogP contribution in [-0.2, 0) is 0 Å². The van der Waals surface area contributed by atoms with E-state index in [0.717, 1.165) is 35.2 Å². The Hall–Kier alpha value is -1.77. The van der Waals surface area contributed by atoms with E-state index in [1.807, 2.05) is 30.5 Å². The number of aromatic nitrogens is 1. The number of H-pyrrole nitrogens is 1. The van der Waals surface area contributed by atoms with Crippen molar-refractivity contribution in [2.45, 2.75) is 25.8 Å². The van der Waals surface area contributed by atoms with Crippen molar-refractivity contribution in [2.24, 2.45) is 5.92 Å². The molecule has 0 saturated heterocycles. The van der Waals surface area contributed by atoms with Crippen LogP contribution in [0, 0.1) is 5.92 Å². The Morgan fingerprint density at radius 2 is 2.18 bits per heavy atom. The van der Waals surface area contributed by atoms with Crippen LogP contribution in [-0.4, -0.2) is 16.9 Å². The molecule has 0 radical (unpaired) electrons. The van der Waals surface area contributed by atoms with Crippen LogP contribution in [0.4, 0.5) is 0 Å². The predicted molar refractivity (Wildman–Crippen MR) is 68.0 cm³/mol. The van der Waals surface area contributed by atoms with Crippen LogP contribution in [0.3, 0.4) is 0 Å². The monoisotopic (exact) mass is 228 g/mol. The number of nitrogens with one attached hydrogen (secondary N) is 2. The fraction of sp³-hybridized carbons (Fsp3) is 0.357. The second kappa shape index (κ2) is 3.91. The van der Waals surface area contributed by atoms with E-state index in [-0.39, 0.29) is 5.91 Å². The van der Waals surface area contributed by atoms with Crippen LogP contribution in [0.25, 0.3) is 10.9 Å². The van der Waals surface area contributed by atoms with E-state index in [1.54, 1.807) is 0 Å². The summed E-state index contributed by atoms with van der Waals surface area (Å²) in [5, 5.41) is 4.09. The third-order valence-corrected chi connectivity index (χ3v) is 3.55. The summed E-state index contributed by atoms with van der Waals surface area (Å²) in [6.07, 6.45) is 4.08. The van der Waals surface area contributed by atoms with Gasteiger partial charge in [0.15, 0.2) is 0 Å². The van der Waals surface area contributed by atoms with Gasteiger partial charge in [-0.1, -0.05) is 13.0 Å². The highest BCUT2D eigenvalue weighted by Crippen LogP contribution is 2.27. The van der Waals surface area contributed by atoms with Gasteiger partial charge in [0, 0.05) is 28.7 Å². The summed E-state index contributed by atoms with van der Waals surface area (Å²) >= 11 is 0. The zero-order valence-electron chi connectivity index (χ0n) is 9.86. The Kier molecular flexibility index (Phi) is 2.39. The zero-order chi connectivity index (χ0) is 11.8. The average Bonchev–Trinajstić information content (AvgIpc) is 2.74. The molecule has 1 fully saturated rings. The van der Waals surface area contributed by atoms with E-state index in [4.69, 9.17) is 0 Å². The van der Waals surface area contributed by atoms with Gasteiger partial charge in [-0.05, 0) is 37.0 Å². The van der Waals surface area contributed by atoms with Gasteiger partial charge in [-0.3, -0.25) is 4.79 Å². The summed E-state index contributed by atoms with van der Waals surface area (Å²) in [5.74, 6) is 0.801. The molecule has 3 rings (SSSR count). The van der Waals surface area contributed by atoms with Crippen molar-refractivity contribution in [2.75, 3.05) is 0 Å². The van der Waals surface area contributed by atoms with E-state index in [2.05, 4.69) is 17.2 Å². The molecule has 2 N–H and O–H groups in total. The van der Waals surface area contributed by atoms with Gasteiger partial charge < -0.3 is 10.3 Å². The molecular formula is C14H16N2O. The summed E-state index contributed by atoms with van der Waals surface area (Å²) in [7, 11) is 0. The normalized spacial score (nSPS) is 23.4. The SMILES string of the molecule is CC1CC(NC(=O)c2cccc3[nH]ccc23)C1. The van der Waals surface area contributed by atoms with E-state index in [0.29, 0.717) is 6.04 Å². The Bertz CT molecular complexity index is 552. The minimum Gasteiger partial charge on any atom is -0.361 e. The maximum absolute atomic E-state index is 12.1. The van der Waals surface area contributed by atoms with Crippen LogP contribution in [0.15, 0.2) is 30.5 Å². The summed E-state index contributed by atoms with van der Waals surface area (Å²) in [6.45, 7) is 2.22. The van der Waals surface area contributed by atoms with Crippen molar-refractivity contribution >= 4 is 16.8 Å². The minimum atomic E-state index is 0.0482. The highest BCUT2D eigenvalue weighted by Gasteiger charge is 2.27. The summed E-state index contributed by atoms with van der Waals surface area (Å²) in [4.78, 5) is 15.3. The lowest BCUT2D eigenvalue weighted by Crippen LogP contribution is -2.43. The number of carbonyl (C=O) groups excluding carboxylic acids is 1. The molecule has 0 atom stereocenters. The number of hydrogen-bond donors (Lipinski definition) is 2. The Morgan fingerprint density at radius 3 is 2.94 bits per heavy atom. The van der Waals surface area contributed by atoms with E-state index < -0.39 is 0 Å². The van der Waals surface area contributed by atoms with Crippen molar-refractivity contribution in [3.05, 3.63) is 36.0 Å². The average molecular weight is 228 g/mol. The van der Waals surface area contributed by atoms with Crippen LogP contribution in [0.2, 0.25) is 0 Å². The van der Waals surface area contributed by atoms with Crippen molar-refractivity contribution < 1.29 is 4.79 Å².